The van der Waals surface area contributed by atoms with E-state index in [-0.39, 0.29) is 11.4 Å². The molecule has 0 saturated carbocycles. The van der Waals surface area contributed by atoms with Crippen LogP contribution in [0, 0.1) is 0 Å². The van der Waals surface area contributed by atoms with Gasteiger partial charge < -0.3 is 20.1 Å². The van der Waals surface area contributed by atoms with Crippen molar-refractivity contribution in [2.45, 2.75) is 43.9 Å². The van der Waals surface area contributed by atoms with Crippen LogP contribution in [0.1, 0.15) is 31.4 Å². The molecule has 2 aliphatic rings. The lowest BCUT2D eigenvalue weighted by molar-refractivity contribution is -0.111. The number of rotatable bonds is 10. The van der Waals surface area contributed by atoms with Gasteiger partial charge in [-0.25, -0.2) is 9.97 Å². The fraction of sp³-hybridized carbons (Fsp3) is 0.290. The number of amides is 1. The number of carbonyl (C=O) groups excluding carboxylic acids is 1. The highest BCUT2D eigenvalue weighted by atomic mass is 35.5. The van der Waals surface area contributed by atoms with Crippen LogP contribution in [0.15, 0.2) is 73.7 Å². The molecule has 2 fully saturated rings. The molecular formula is C31H31ClN6O3. The van der Waals surface area contributed by atoms with Crippen LogP contribution in [-0.4, -0.2) is 51.0 Å². The summed E-state index contributed by atoms with van der Waals surface area (Å²) in [6.45, 7) is 4.45. The molecule has 10 heteroatoms. The lowest BCUT2D eigenvalue weighted by Gasteiger charge is -2.32. The predicted molar refractivity (Wildman–Crippen MR) is 160 cm³/mol. The molecule has 6 rings (SSSR count). The lowest BCUT2D eigenvalue weighted by atomic mass is 9.88. The van der Waals surface area contributed by atoms with Crippen LogP contribution >= 0.6 is 11.6 Å². The number of pyridine rings is 1. The van der Waals surface area contributed by atoms with Crippen molar-refractivity contribution in [3.63, 3.8) is 0 Å². The lowest BCUT2D eigenvalue weighted by Crippen LogP contribution is -2.43. The molecule has 2 N–H and O–H groups in total. The second kappa shape index (κ2) is 11.3. The van der Waals surface area contributed by atoms with Crippen molar-refractivity contribution in [3.05, 3.63) is 84.4 Å². The Morgan fingerprint density at radius 3 is 2.68 bits per heavy atom. The van der Waals surface area contributed by atoms with Crippen LogP contribution in [0.3, 0.4) is 0 Å². The van der Waals surface area contributed by atoms with E-state index in [0.29, 0.717) is 58.2 Å². The SMILES string of the molecule is C=CC(=O)Nc1cc2c(Nc3ccc(OCc4ccccn4)c(Cl)c3)ncnc2cc1OCC12CCC(CC1)N2C. The minimum absolute atomic E-state index is 0.0322. The zero-order valence-electron chi connectivity index (χ0n) is 22.8. The van der Waals surface area contributed by atoms with E-state index in [9.17, 15) is 4.79 Å². The standard InChI is InChI=1S/C31H31ClN6O3/c1-3-29(39)37-26-15-23-25(16-28(26)41-18-31-11-9-22(10-12-31)38(31)2)34-19-35-30(23)36-20-7-8-27(24(32)14-20)40-17-21-6-4-5-13-33-21/h3-8,13-16,19,22H,1,9-12,17-18H2,2H3,(H,37,39)(H,34,35,36). The zero-order valence-corrected chi connectivity index (χ0v) is 23.5. The largest absolute Gasteiger partial charge is 0.489 e. The predicted octanol–water partition coefficient (Wildman–Crippen LogP) is 6.13. The van der Waals surface area contributed by atoms with Crippen LogP contribution in [0.4, 0.5) is 17.2 Å². The van der Waals surface area contributed by atoms with E-state index < -0.39 is 0 Å². The third-order valence-corrected chi connectivity index (χ3v) is 8.45. The van der Waals surface area contributed by atoms with Crippen molar-refractivity contribution in [3.8, 4) is 11.5 Å². The quantitative estimate of drug-likeness (QED) is 0.220. The first kappa shape index (κ1) is 27.0. The Hall–Kier alpha value is -4.21. The summed E-state index contributed by atoms with van der Waals surface area (Å²) in [5.74, 6) is 1.34. The third kappa shape index (κ3) is 5.55. The minimum Gasteiger partial charge on any atom is -0.489 e. The highest BCUT2D eigenvalue weighted by Gasteiger charge is 2.50. The second-order valence-electron chi connectivity index (χ2n) is 10.5. The number of anilines is 3. The molecule has 2 aromatic heterocycles. The van der Waals surface area contributed by atoms with Crippen LogP contribution in [-0.2, 0) is 11.4 Å². The summed E-state index contributed by atoms with van der Waals surface area (Å²) < 4.78 is 12.2. The fourth-order valence-corrected chi connectivity index (χ4v) is 6.01. The maximum absolute atomic E-state index is 12.3. The number of carbonyl (C=O) groups is 1. The van der Waals surface area contributed by atoms with Crippen molar-refractivity contribution in [1.82, 2.24) is 19.9 Å². The summed E-state index contributed by atoms with van der Waals surface area (Å²) in [5.41, 5.74) is 2.77. The highest BCUT2D eigenvalue weighted by Crippen LogP contribution is 2.46. The number of hydrogen-bond acceptors (Lipinski definition) is 8. The number of benzene rings is 2. The third-order valence-electron chi connectivity index (χ3n) is 8.15. The molecular weight excluding hydrogens is 540 g/mol. The number of ether oxygens (including phenoxy) is 2. The van der Waals surface area contributed by atoms with Crippen LogP contribution in [0.2, 0.25) is 5.02 Å². The molecule has 4 heterocycles. The average molecular weight is 571 g/mol. The van der Waals surface area contributed by atoms with E-state index in [0.717, 1.165) is 24.2 Å². The van der Waals surface area contributed by atoms with Crippen LogP contribution in [0.25, 0.3) is 10.9 Å². The Kier molecular flexibility index (Phi) is 7.47. The number of likely N-dealkylation sites (N-methyl/N-ethyl adjacent to an activating group) is 1. The number of halogens is 1. The number of fused-ring (bicyclic) bond motifs is 3. The van der Waals surface area contributed by atoms with Gasteiger partial charge in [0.25, 0.3) is 0 Å². The first-order chi connectivity index (χ1) is 19.9. The smallest absolute Gasteiger partial charge is 0.247 e. The second-order valence-corrected chi connectivity index (χ2v) is 10.9. The average Bonchev–Trinajstić information content (AvgIpc) is 3.47. The van der Waals surface area contributed by atoms with Gasteiger partial charge >= 0.3 is 0 Å². The van der Waals surface area contributed by atoms with E-state index >= 15 is 0 Å². The molecule has 210 valence electrons. The summed E-state index contributed by atoms with van der Waals surface area (Å²) >= 11 is 6.53. The topological polar surface area (TPSA) is 102 Å². The Morgan fingerprint density at radius 1 is 1.12 bits per heavy atom. The van der Waals surface area contributed by atoms with Gasteiger partial charge in [0.15, 0.2) is 0 Å². The van der Waals surface area contributed by atoms with Crippen molar-refractivity contribution >= 4 is 45.6 Å². The summed E-state index contributed by atoms with van der Waals surface area (Å²) in [6.07, 6.45) is 9.07. The maximum atomic E-state index is 12.3. The molecule has 2 bridgehead atoms. The molecule has 2 aliphatic heterocycles. The molecule has 2 aromatic carbocycles. The van der Waals surface area contributed by atoms with Gasteiger partial charge in [-0.3, -0.25) is 14.7 Å². The van der Waals surface area contributed by atoms with Crippen molar-refractivity contribution in [1.29, 1.82) is 0 Å². The van der Waals surface area contributed by atoms with Gasteiger partial charge in [-0.1, -0.05) is 24.2 Å². The van der Waals surface area contributed by atoms with E-state index in [1.165, 1.54) is 25.2 Å². The van der Waals surface area contributed by atoms with Gasteiger partial charge in [-0.05, 0) is 75.2 Å². The molecule has 1 amide bonds. The Bertz CT molecular complexity index is 1590. The molecule has 0 atom stereocenters. The monoisotopic (exact) mass is 570 g/mol. The molecule has 0 spiro atoms. The Balaban J connectivity index is 1.24. The zero-order chi connectivity index (χ0) is 28.4. The summed E-state index contributed by atoms with van der Waals surface area (Å²) in [6, 6.07) is 15.4. The minimum atomic E-state index is -0.328. The maximum Gasteiger partial charge on any atom is 0.247 e. The van der Waals surface area contributed by atoms with Gasteiger partial charge in [-0.15, -0.1) is 0 Å². The number of aromatic nitrogens is 3. The number of nitrogens with one attached hydrogen (secondary N) is 2. The molecule has 0 unspecified atom stereocenters. The molecule has 9 nitrogen and oxygen atoms in total. The first-order valence-corrected chi connectivity index (χ1v) is 14.0. The fourth-order valence-electron chi connectivity index (χ4n) is 5.78. The van der Waals surface area contributed by atoms with Crippen molar-refractivity contribution in [2.75, 3.05) is 24.3 Å². The van der Waals surface area contributed by atoms with E-state index in [1.807, 2.05) is 36.4 Å². The Labute approximate surface area is 243 Å². The van der Waals surface area contributed by atoms with E-state index in [4.69, 9.17) is 21.1 Å². The molecule has 4 aromatic rings. The van der Waals surface area contributed by atoms with Gasteiger partial charge in [0.1, 0.15) is 36.9 Å². The summed E-state index contributed by atoms with van der Waals surface area (Å²) in [5, 5.41) is 7.38. The molecule has 41 heavy (non-hydrogen) atoms. The number of nitrogens with zero attached hydrogens (tertiary/aromatic N) is 4. The van der Waals surface area contributed by atoms with Crippen molar-refractivity contribution in [2.24, 2.45) is 0 Å². The van der Waals surface area contributed by atoms with Gasteiger partial charge in [0.05, 0.1) is 27.5 Å². The number of hydrogen-bond donors (Lipinski definition) is 2. The van der Waals surface area contributed by atoms with E-state index in [1.54, 1.807) is 18.3 Å². The highest BCUT2D eigenvalue weighted by molar-refractivity contribution is 6.32. The van der Waals surface area contributed by atoms with Gasteiger partial charge in [0, 0.05) is 29.4 Å². The van der Waals surface area contributed by atoms with Gasteiger partial charge in [0.2, 0.25) is 5.91 Å². The van der Waals surface area contributed by atoms with Gasteiger partial charge in [-0.2, -0.15) is 0 Å². The van der Waals surface area contributed by atoms with Crippen LogP contribution < -0.4 is 20.1 Å². The molecule has 2 saturated heterocycles. The Morgan fingerprint density at radius 2 is 1.98 bits per heavy atom. The molecule has 0 aliphatic carbocycles. The first-order valence-electron chi connectivity index (χ1n) is 13.6. The van der Waals surface area contributed by atoms with Crippen molar-refractivity contribution < 1.29 is 14.3 Å². The van der Waals surface area contributed by atoms with E-state index in [2.05, 4.69) is 44.1 Å². The normalized spacial score (nSPS) is 19.7. The summed E-state index contributed by atoms with van der Waals surface area (Å²) in [7, 11) is 2.19. The summed E-state index contributed by atoms with van der Waals surface area (Å²) in [4.78, 5) is 28.0. The van der Waals surface area contributed by atoms with Crippen LogP contribution in [0.5, 0.6) is 11.5 Å². The molecule has 0 radical (unpaired) electrons.